The first-order valence-corrected chi connectivity index (χ1v) is 9.75. The molecule has 1 N–H and O–H groups in total. The molecule has 1 aromatic heterocycles. The maximum Gasteiger partial charge on any atom is 0.279 e. The summed E-state index contributed by atoms with van der Waals surface area (Å²) in [6, 6.07) is 8.42. The number of carbonyl (C=O) groups excluding carboxylic acids is 1. The van der Waals surface area contributed by atoms with E-state index >= 15 is 0 Å². The summed E-state index contributed by atoms with van der Waals surface area (Å²) in [7, 11) is 1.55. The zero-order valence-corrected chi connectivity index (χ0v) is 16.5. The lowest BCUT2D eigenvalue weighted by Crippen LogP contribution is -2.55. The van der Waals surface area contributed by atoms with Crippen LogP contribution in [0.1, 0.15) is 38.8 Å². The number of fused-ring (bicyclic) bond motifs is 3. The van der Waals surface area contributed by atoms with Gasteiger partial charge in [-0.2, -0.15) is 9.89 Å². The van der Waals surface area contributed by atoms with Gasteiger partial charge in [-0.1, -0.05) is 12.1 Å². The van der Waals surface area contributed by atoms with Crippen LogP contribution in [0.2, 0.25) is 0 Å². The highest BCUT2D eigenvalue weighted by molar-refractivity contribution is 5.95. The molecule has 3 aromatic rings. The molecule has 1 amide bonds. The molecule has 0 saturated carbocycles. The molecule has 7 nitrogen and oxygen atoms in total. The lowest BCUT2D eigenvalue weighted by atomic mass is 9.94. The van der Waals surface area contributed by atoms with Crippen LogP contribution >= 0.6 is 0 Å². The number of halogens is 2. The van der Waals surface area contributed by atoms with Crippen LogP contribution in [0.3, 0.4) is 0 Å². The first-order chi connectivity index (χ1) is 14.8. The fourth-order valence-electron chi connectivity index (χ4n) is 4.41. The molecular weight excluding hydrogens is 406 g/mol. The van der Waals surface area contributed by atoms with Gasteiger partial charge < -0.3 is 10.0 Å². The van der Waals surface area contributed by atoms with Crippen molar-refractivity contribution in [2.24, 2.45) is 0 Å². The highest BCUT2D eigenvalue weighted by Gasteiger charge is 2.38. The number of rotatable bonds is 1. The van der Waals surface area contributed by atoms with Gasteiger partial charge in [0.1, 0.15) is 24.5 Å². The standard InChI is InChI=1S/C22H18F2N4O3/c1-26-11-27(28-20(22(26)31)21(30)18(29)10-25-28)19-16-6-4-14(23)8-12(16)2-3-13-9-15(24)5-7-17(13)19/h4-10,19,30H,2-3,11H2,1H3. The fraction of sp³-hybridized carbons (Fsp3) is 0.227. The van der Waals surface area contributed by atoms with E-state index in [1.54, 1.807) is 24.2 Å². The summed E-state index contributed by atoms with van der Waals surface area (Å²) in [5.41, 5.74) is 2.06. The van der Waals surface area contributed by atoms with Crippen LogP contribution in [0.15, 0.2) is 47.4 Å². The molecule has 0 bridgehead atoms. The summed E-state index contributed by atoms with van der Waals surface area (Å²) in [5.74, 6) is -1.99. The minimum absolute atomic E-state index is 0.0828. The van der Waals surface area contributed by atoms with Crippen LogP contribution in [-0.4, -0.2) is 39.5 Å². The van der Waals surface area contributed by atoms with Gasteiger partial charge in [0.2, 0.25) is 5.43 Å². The molecule has 158 valence electrons. The molecule has 0 spiro atoms. The lowest BCUT2D eigenvalue weighted by Gasteiger charge is -2.42. The minimum atomic E-state index is -0.763. The summed E-state index contributed by atoms with van der Waals surface area (Å²) in [6.45, 7) is 0.0828. The summed E-state index contributed by atoms with van der Waals surface area (Å²) >= 11 is 0. The number of aromatic nitrogens is 2. The van der Waals surface area contributed by atoms with Crippen LogP contribution in [0.5, 0.6) is 5.75 Å². The Morgan fingerprint density at radius 1 is 1.00 bits per heavy atom. The van der Waals surface area contributed by atoms with Gasteiger partial charge in [0, 0.05) is 7.05 Å². The van der Waals surface area contributed by atoms with Gasteiger partial charge in [0.25, 0.3) is 5.91 Å². The summed E-state index contributed by atoms with van der Waals surface area (Å²) in [4.78, 5) is 27.2. The van der Waals surface area contributed by atoms with Crippen molar-refractivity contribution in [3.63, 3.8) is 0 Å². The maximum absolute atomic E-state index is 14.0. The topological polar surface area (TPSA) is 78.7 Å². The van der Waals surface area contributed by atoms with E-state index in [0.29, 0.717) is 12.8 Å². The zero-order chi connectivity index (χ0) is 21.9. The normalized spacial score (nSPS) is 15.9. The van der Waals surface area contributed by atoms with Crippen LogP contribution in [0.4, 0.5) is 8.78 Å². The van der Waals surface area contributed by atoms with E-state index in [2.05, 4.69) is 5.10 Å². The molecule has 1 aliphatic heterocycles. The van der Waals surface area contributed by atoms with E-state index in [4.69, 9.17) is 0 Å². The Kier molecular flexibility index (Phi) is 4.28. The quantitative estimate of drug-likeness (QED) is 0.647. The number of amides is 1. The molecule has 2 aromatic carbocycles. The van der Waals surface area contributed by atoms with Crippen molar-refractivity contribution < 1.29 is 18.7 Å². The third-order valence-corrected chi connectivity index (χ3v) is 5.85. The number of aromatic hydroxyl groups is 1. The Bertz CT molecular complexity index is 1240. The summed E-state index contributed by atoms with van der Waals surface area (Å²) < 4.78 is 28.1. The molecule has 0 atom stereocenters. The molecule has 0 saturated heterocycles. The van der Waals surface area contributed by atoms with Crippen molar-refractivity contribution >= 4 is 5.91 Å². The molecule has 1 aliphatic carbocycles. The molecule has 5 rings (SSSR count). The van der Waals surface area contributed by atoms with Crippen molar-refractivity contribution in [3.8, 4) is 5.75 Å². The number of benzene rings is 2. The summed E-state index contributed by atoms with van der Waals surface area (Å²) in [6.07, 6.45) is 1.97. The molecule has 0 unspecified atom stereocenters. The smallest absolute Gasteiger partial charge is 0.279 e. The van der Waals surface area contributed by atoms with Crippen molar-refractivity contribution in [2.75, 3.05) is 18.7 Å². The second kappa shape index (κ2) is 6.90. The number of aryl methyl sites for hydroxylation is 2. The van der Waals surface area contributed by atoms with E-state index in [9.17, 15) is 23.5 Å². The van der Waals surface area contributed by atoms with Gasteiger partial charge in [0.05, 0.1) is 6.04 Å². The second-order valence-electron chi connectivity index (χ2n) is 7.77. The predicted octanol–water partition coefficient (Wildman–Crippen LogP) is 2.10. The molecule has 2 heterocycles. The number of nitrogens with zero attached hydrogens (tertiary/aromatic N) is 4. The molecular formula is C22H18F2N4O3. The third kappa shape index (κ3) is 2.96. The first-order valence-electron chi connectivity index (χ1n) is 9.75. The predicted molar refractivity (Wildman–Crippen MR) is 107 cm³/mol. The molecule has 0 fully saturated rings. The van der Waals surface area contributed by atoms with Gasteiger partial charge in [-0.05, 0) is 59.4 Å². The Balaban J connectivity index is 1.79. The van der Waals surface area contributed by atoms with E-state index < -0.39 is 23.1 Å². The van der Waals surface area contributed by atoms with Crippen LogP contribution in [0.25, 0.3) is 0 Å². The molecule has 9 heteroatoms. The largest absolute Gasteiger partial charge is 0.502 e. The summed E-state index contributed by atoms with van der Waals surface area (Å²) in [5, 5.41) is 16.1. The van der Waals surface area contributed by atoms with Crippen LogP contribution in [0, 0.1) is 11.6 Å². The van der Waals surface area contributed by atoms with E-state index in [1.807, 2.05) is 0 Å². The van der Waals surface area contributed by atoms with Gasteiger partial charge in [-0.15, -0.1) is 0 Å². The van der Waals surface area contributed by atoms with Crippen LogP contribution < -0.4 is 10.4 Å². The Hall–Kier alpha value is -3.75. The van der Waals surface area contributed by atoms with Crippen LogP contribution in [-0.2, 0) is 12.8 Å². The van der Waals surface area contributed by atoms with Crippen molar-refractivity contribution in [1.82, 2.24) is 14.8 Å². The zero-order valence-electron chi connectivity index (χ0n) is 16.5. The van der Waals surface area contributed by atoms with E-state index in [0.717, 1.165) is 28.5 Å². The third-order valence-electron chi connectivity index (χ3n) is 5.85. The van der Waals surface area contributed by atoms with Crippen molar-refractivity contribution in [3.05, 3.63) is 92.4 Å². The monoisotopic (exact) mass is 424 g/mol. The molecule has 2 aliphatic rings. The SMILES string of the molecule is CN1CN(C2c3ccc(F)cc3CCc3cc(F)ccc32)n2ncc(=O)c(O)c2C1=O. The van der Waals surface area contributed by atoms with Gasteiger partial charge in [0.15, 0.2) is 11.4 Å². The number of hydrogen-bond acceptors (Lipinski definition) is 5. The minimum Gasteiger partial charge on any atom is -0.502 e. The number of carbonyl (C=O) groups is 1. The van der Waals surface area contributed by atoms with Crippen molar-refractivity contribution in [2.45, 2.75) is 18.9 Å². The number of hydrogen-bond donors (Lipinski definition) is 1. The first kappa shape index (κ1) is 19.2. The lowest BCUT2D eigenvalue weighted by molar-refractivity contribution is 0.0715. The fourth-order valence-corrected chi connectivity index (χ4v) is 4.41. The van der Waals surface area contributed by atoms with E-state index in [-0.39, 0.29) is 24.0 Å². The highest BCUT2D eigenvalue weighted by atomic mass is 19.1. The Labute approximate surface area is 175 Å². The Morgan fingerprint density at radius 3 is 2.16 bits per heavy atom. The Morgan fingerprint density at radius 2 is 1.58 bits per heavy atom. The molecule has 31 heavy (non-hydrogen) atoms. The average molecular weight is 424 g/mol. The van der Waals surface area contributed by atoms with E-state index in [1.165, 1.54) is 34.0 Å². The van der Waals surface area contributed by atoms with Gasteiger partial charge in [-0.3, -0.25) is 14.6 Å². The average Bonchev–Trinajstić information content (AvgIpc) is 2.89. The molecule has 0 radical (unpaired) electrons. The van der Waals surface area contributed by atoms with Gasteiger partial charge >= 0.3 is 0 Å². The van der Waals surface area contributed by atoms with Crippen molar-refractivity contribution in [1.29, 1.82) is 0 Å². The van der Waals surface area contributed by atoms with Gasteiger partial charge in [-0.25, -0.2) is 8.78 Å². The second-order valence-corrected chi connectivity index (χ2v) is 7.77. The maximum atomic E-state index is 14.0. The highest BCUT2D eigenvalue weighted by Crippen LogP contribution is 2.38.